The van der Waals surface area contributed by atoms with Crippen LogP contribution in [0.1, 0.15) is 42.0 Å². The molecule has 1 atom stereocenters. The molecule has 0 aliphatic carbocycles. The van der Waals surface area contributed by atoms with E-state index in [1.807, 2.05) is 19.1 Å². The molecule has 1 unspecified atom stereocenters. The van der Waals surface area contributed by atoms with E-state index in [-0.39, 0.29) is 11.9 Å². The molecule has 0 radical (unpaired) electrons. The second-order valence-corrected chi connectivity index (χ2v) is 5.16. The average Bonchev–Trinajstić information content (AvgIpc) is 2.89. The minimum absolute atomic E-state index is 0.0288. The molecule has 3 nitrogen and oxygen atoms in total. The van der Waals surface area contributed by atoms with Gasteiger partial charge in [0.2, 0.25) is 5.91 Å². The van der Waals surface area contributed by atoms with Crippen LogP contribution in [-0.4, -0.2) is 5.91 Å². The van der Waals surface area contributed by atoms with Gasteiger partial charge in [0.15, 0.2) is 0 Å². The van der Waals surface area contributed by atoms with Crippen LogP contribution in [0.2, 0.25) is 0 Å². The summed E-state index contributed by atoms with van der Waals surface area (Å²) in [5.41, 5.74) is 2.34. The Morgan fingerprint density at radius 3 is 2.48 bits per heavy atom. The Morgan fingerprint density at radius 2 is 1.90 bits per heavy atom. The molecule has 2 rings (SSSR count). The average molecular weight is 283 g/mol. The highest BCUT2D eigenvalue weighted by atomic mass is 16.3. The third-order valence-electron chi connectivity index (χ3n) is 3.36. The number of hydrogen-bond acceptors (Lipinski definition) is 2. The number of carbonyl (C=O) groups excluding carboxylic acids is 1. The maximum absolute atomic E-state index is 12.0. The highest BCUT2D eigenvalue weighted by Gasteiger charge is 2.10. The zero-order valence-corrected chi connectivity index (χ0v) is 12.7. The van der Waals surface area contributed by atoms with Gasteiger partial charge in [0.25, 0.3) is 0 Å². The molecule has 0 saturated carbocycles. The van der Waals surface area contributed by atoms with Crippen LogP contribution in [0.5, 0.6) is 0 Å². The molecule has 110 valence electrons. The lowest BCUT2D eigenvalue weighted by atomic mass is 10.0. The highest BCUT2D eigenvalue weighted by Crippen LogP contribution is 2.17. The zero-order chi connectivity index (χ0) is 15.2. The smallest absolute Gasteiger partial charge is 0.244 e. The topological polar surface area (TPSA) is 42.2 Å². The normalized spacial score (nSPS) is 12.5. The summed E-state index contributed by atoms with van der Waals surface area (Å²) in [6, 6.07) is 12.0. The Morgan fingerprint density at radius 1 is 1.19 bits per heavy atom. The summed E-state index contributed by atoms with van der Waals surface area (Å²) in [5.74, 6) is 1.41. The molecule has 21 heavy (non-hydrogen) atoms. The highest BCUT2D eigenvalue weighted by molar-refractivity contribution is 5.91. The number of hydrogen-bond donors (Lipinski definition) is 1. The number of rotatable bonds is 5. The third kappa shape index (κ3) is 4.35. The Kier molecular flexibility index (Phi) is 4.99. The van der Waals surface area contributed by atoms with E-state index >= 15 is 0 Å². The van der Waals surface area contributed by atoms with Crippen molar-refractivity contribution in [1.82, 2.24) is 5.32 Å². The van der Waals surface area contributed by atoms with Crippen molar-refractivity contribution in [2.24, 2.45) is 0 Å². The molecule has 0 spiro atoms. The quantitative estimate of drug-likeness (QED) is 0.836. The molecule has 1 aromatic heterocycles. The van der Waals surface area contributed by atoms with E-state index in [4.69, 9.17) is 4.42 Å². The van der Waals surface area contributed by atoms with Gasteiger partial charge in [-0.15, -0.1) is 0 Å². The van der Waals surface area contributed by atoms with Gasteiger partial charge in [-0.1, -0.05) is 36.8 Å². The van der Waals surface area contributed by atoms with Crippen molar-refractivity contribution in [3.8, 4) is 0 Å². The first-order valence-electron chi connectivity index (χ1n) is 7.20. The second kappa shape index (κ2) is 6.93. The number of carbonyl (C=O) groups is 1. The molecule has 1 heterocycles. The Balaban J connectivity index is 1.99. The molecular formula is C18H21NO2. The SMILES string of the molecule is CCC(NC(=O)/C=C/c1ccc(C)o1)c1ccc(C)cc1. The van der Waals surface area contributed by atoms with Gasteiger partial charge in [0, 0.05) is 6.08 Å². The molecule has 0 aliphatic rings. The van der Waals surface area contributed by atoms with Gasteiger partial charge in [-0.05, 0) is 44.0 Å². The lowest BCUT2D eigenvalue weighted by Crippen LogP contribution is -2.26. The van der Waals surface area contributed by atoms with Crippen LogP contribution >= 0.6 is 0 Å². The summed E-state index contributed by atoms with van der Waals surface area (Å²) in [4.78, 5) is 12.0. The van der Waals surface area contributed by atoms with Crippen molar-refractivity contribution >= 4 is 12.0 Å². The molecule has 2 aromatic rings. The third-order valence-corrected chi connectivity index (χ3v) is 3.36. The van der Waals surface area contributed by atoms with Gasteiger partial charge < -0.3 is 9.73 Å². The molecule has 1 N–H and O–H groups in total. The van der Waals surface area contributed by atoms with Crippen LogP contribution in [0.15, 0.2) is 46.9 Å². The Hall–Kier alpha value is -2.29. The fourth-order valence-corrected chi connectivity index (χ4v) is 2.14. The van der Waals surface area contributed by atoms with E-state index in [9.17, 15) is 4.79 Å². The summed E-state index contributed by atoms with van der Waals surface area (Å²) in [5, 5.41) is 3.01. The maximum atomic E-state index is 12.0. The minimum atomic E-state index is -0.114. The van der Waals surface area contributed by atoms with Crippen molar-refractivity contribution in [1.29, 1.82) is 0 Å². The summed E-state index contributed by atoms with van der Waals surface area (Å²) in [7, 11) is 0. The van der Waals surface area contributed by atoms with Gasteiger partial charge >= 0.3 is 0 Å². The van der Waals surface area contributed by atoms with Crippen LogP contribution in [0.3, 0.4) is 0 Å². The van der Waals surface area contributed by atoms with Gasteiger partial charge in [0.1, 0.15) is 11.5 Å². The summed E-state index contributed by atoms with van der Waals surface area (Å²) in [6.45, 7) is 5.99. The van der Waals surface area contributed by atoms with Crippen LogP contribution in [0, 0.1) is 13.8 Å². The first-order chi connectivity index (χ1) is 10.1. The van der Waals surface area contributed by atoms with E-state index in [1.165, 1.54) is 11.6 Å². The fraction of sp³-hybridized carbons (Fsp3) is 0.278. The van der Waals surface area contributed by atoms with Crippen molar-refractivity contribution in [2.45, 2.75) is 33.2 Å². The zero-order valence-electron chi connectivity index (χ0n) is 12.7. The number of nitrogens with one attached hydrogen (secondary N) is 1. The van der Waals surface area contributed by atoms with Crippen LogP contribution in [0.4, 0.5) is 0 Å². The molecule has 0 aliphatic heterocycles. The van der Waals surface area contributed by atoms with Crippen LogP contribution in [0.25, 0.3) is 6.08 Å². The molecule has 0 bridgehead atoms. The number of benzene rings is 1. The van der Waals surface area contributed by atoms with Gasteiger partial charge in [-0.3, -0.25) is 4.79 Å². The van der Waals surface area contributed by atoms with Gasteiger partial charge in [-0.2, -0.15) is 0 Å². The Labute approximate surface area is 125 Å². The molecule has 1 aromatic carbocycles. The Bertz CT molecular complexity index is 623. The maximum Gasteiger partial charge on any atom is 0.244 e. The monoisotopic (exact) mass is 283 g/mol. The lowest BCUT2D eigenvalue weighted by Gasteiger charge is -2.16. The molecular weight excluding hydrogens is 262 g/mol. The van der Waals surface area contributed by atoms with Gasteiger partial charge in [-0.25, -0.2) is 0 Å². The van der Waals surface area contributed by atoms with E-state index in [1.54, 1.807) is 6.08 Å². The van der Waals surface area contributed by atoms with E-state index in [0.717, 1.165) is 17.7 Å². The molecule has 0 saturated heterocycles. The number of aryl methyl sites for hydroxylation is 2. The van der Waals surface area contributed by atoms with Crippen molar-refractivity contribution in [3.63, 3.8) is 0 Å². The van der Waals surface area contributed by atoms with Gasteiger partial charge in [0.05, 0.1) is 6.04 Å². The first kappa shape index (κ1) is 15.1. The fourth-order valence-electron chi connectivity index (χ4n) is 2.14. The largest absolute Gasteiger partial charge is 0.462 e. The van der Waals surface area contributed by atoms with Crippen LogP contribution < -0.4 is 5.32 Å². The molecule has 0 fully saturated rings. The summed E-state index contributed by atoms with van der Waals surface area (Å²) in [6.07, 6.45) is 4.04. The van der Waals surface area contributed by atoms with Crippen molar-refractivity contribution in [2.75, 3.05) is 0 Å². The van der Waals surface area contributed by atoms with Crippen molar-refractivity contribution in [3.05, 3.63) is 65.1 Å². The minimum Gasteiger partial charge on any atom is -0.462 e. The number of furan rings is 1. The standard InChI is InChI=1S/C18H21NO2/c1-4-17(15-8-5-13(2)6-9-15)19-18(20)12-11-16-10-7-14(3)21-16/h5-12,17H,4H2,1-3H3,(H,19,20)/b12-11+. The summed E-state index contributed by atoms with van der Waals surface area (Å²) < 4.78 is 5.40. The predicted octanol–water partition coefficient (Wildman–Crippen LogP) is 4.18. The van der Waals surface area contributed by atoms with Crippen LogP contribution in [-0.2, 0) is 4.79 Å². The molecule has 3 heteroatoms. The van der Waals surface area contributed by atoms with E-state index in [2.05, 4.69) is 43.4 Å². The van der Waals surface area contributed by atoms with E-state index in [0.29, 0.717) is 5.76 Å². The first-order valence-corrected chi connectivity index (χ1v) is 7.20. The molecule has 1 amide bonds. The predicted molar refractivity (Wildman–Crippen MR) is 84.8 cm³/mol. The summed E-state index contributed by atoms with van der Waals surface area (Å²) >= 11 is 0. The lowest BCUT2D eigenvalue weighted by molar-refractivity contribution is -0.117. The van der Waals surface area contributed by atoms with E-state index < -0.39 is 0 Å². The number of amides is 1. The van der Waals surface area contributed by atoms with Crippen molar-refractivity contribution < 1.29 is 9.21 Å². The second-order valence-electron chi connectivity index (χ2n) is 5.16.